The molecule has 2 heterocycles. The molecule has 3 rings (SSSR count). The molecule has 0 radical (unpaired) electrons. The summed E-state index contributed by atoms with van der Waals surface area (Å²) in [5, 5.41) is 10.3. The standard InChI is InChI=1S/C16H20ClNO3/c17-14-3-1-2-4-15(14)21-8-7-16(20)18-11-5-6-12(18)10-13(19)9-11/h1-4,11-13,19H,5-10H2. The van der Waals surface area contributed by atoms with Gasteiger partial charge in [-0.15, -0.1) is 0 Å². The molecular formula is C16H20ClNO3. The van der Waals surface area contributed by atoms with Crippen molar-refractivity contribution in [1.29, 1.82) is 0 Å². The van der Waals surface area contributed by atoms with Crippen LogP contribution in [-0.2, 0) is 4.79 Å². The number of carbonyl (C=O) groups excluding carboxylic acids is 1. The number of rotatable bonds is 4. The van der Waals surface area contributed by atoms with Crippen LogP contribution in [0.5, 0.6) is 5.75 Å². The highest BCUT2D eigenvalue weighted by Gasteiger charge is 2.42. The molecule has 2 bridgehead atoms. The zero-order valence-electron chi connectivity index (χ0n) is 11.9. The van der Waals surface area contributed by atoms with Gasteiger partial charge in [0.2, 0.25) is 5.91 Å². The molecule has 1 aromatic rings. The lowest BCUT2D eigenvalue weighted by Gasteiger charge is -2.37. The van der Waals surface area contributed by atoms with Gasteiger partial charge in [-0.05, 0) is 37.8 Å². The van der Waals surface area contributed by atoms with Crippen LogP contribution in [-0.4, -0.2) is 40.7 Å². The van der Waals surface area contributed by atoms with Crippen LogP contribution < -0.4 is 4.74 Å². The lowest BCUT2D eigenvalue weighted by molar-refractivity contribution is -0.137. The fourth-order valence-corrected chi connectivity index (χ4v) is 3.69. The van der Waals surface area contributed by atoms with Gasteiger partial charge in [-0.3, -0.25) is 4.79 Å². The Labute approximate surface area is 129 Å². The minimum absolute atomic E-state index is 0.126. The van der Waals surface area contributed by atoms with Crippen LogP contribution in [0.3, 0.4) is 0 Å². The number of piperidine rings is 1. The van der Waals surface area contributed by atoms with Crippen molar-refractivity contribution in [2.24, 2.45) is 0 Å². The van der Waals surface area contributed by atoms with Crippen LogP contribution in [0.2, 0.25) is 5.02 Å². The molecule has 2 atom stereocenters. The van der Waals surface area contributed by atoms with Gasteiger partial charge < -0.3 is 14.7 Å². The summed E-state index contributed by atoms with van der Waals surface area (Å²) in [5.41, 5.74) is 0. The van der Waals surface area contributed by atoms with Gasteiger partial charge in [0.15, 0.2) is 0 Å². The number of fused-ring (bicyclic) bond motifs is 2. The molecule has 0 aromatic heterocycles. The number of nitrogens with zero attached hydrogens (tertiary/aromatic N) is 1. The van der Waals surface area contributed by atoms with Crippen molar-refractivity contribution in [3.8, 4) is 5.75 Å². The first kappa shape index (κ1) is 14.7. The topological polar surface area (TPSA) is 49.8 Å². The number of hydrogen-bond donors (Lipinski definition) is 1. The highest BCUT2D eigenvalue weighted by molar-refractivity contribution is 6.32. The van der Waals surface area contributed by atoms with Crippen molar-refractivity contribution in [3.05, 3.63) is 29.3 Å². The van der Waals surface area contributed by atoms with Gasteiger partial charge in [0.25, 0.3) is 0 Å². The number of para-hydroxylation sites is 1. The van der Waals surface area contributed by atoms with E-state index < -0.39 is 0 Å². The summed E-state index contributed by atoms with van der Waals surface area (Å²) in [6.07, 6.45) is 3.57. The number of ether oxygens (including phenoxy) is 1. The quantitative estimate of drug-likeness (QED) is 0.930. The number of aliphatic hydroxyl groups excluding tert-OH is 1. The lowest BCUT2D eigenvalue weighted by atomic mass is 9.99. The smallest absolute Gasteiger partial charge is 0.226 e. The highest BCUT2D eigenvalue weighted by atomic mass is 35.5. The maximum atomic E-state index is 12.4. The molecule has 114 valence electrons. The Morgan fingerprint density at radius 3 is 2.62 bits per heavy atom. The molecule has 1 aromatic carbocycles. The molecule has 2 aliphatic rings. The number of benzene rings is 1. The van der Waals surface area contributed by atoms with Gasteiger partial charge in [0.1, 0.15) is 5.75 Å². The first-order chi connectivity index (χ1) is 10.1. The number of amides is 1. The van der Waals surface area contributed by atoms with Crippen molar-refractivity contribution < 1.29 is 14.6 Å². The van der Waals surface area contributed by atoms with Crippen LogP contribution >= 0.6 is 11.6 Å². The van der Waals surface area contributed by atoms with E-state index in [4.69, 9.17) is 16.3 Å². The molecule has 0 aliphatic carbocycles. The van der Waals surface area contributed by atoms with Gasteiger partial charge in [-0.25, -0.2) is 0 Å². The van der Waals surface area contributed by atoms with E-state index in [1.807, 2.05) is 17.0 Å². The average Bonchev–Trinajstić information content (AvgIpc) is 2.73. The van der Waals surface area contributed by atoms with Crippen LogP contribution in [0, 0.1) is 0 Å². The molecule has 0 saturated carbocycles. The second kappa shape index (κ2) is 6.24. The molecule has 2 aliphatic heterocycles. The van der Waals surface area contributed by atoms with E-state index in [1.54, 1.807) is 12.1 Å². The Kier molecular flexibility index (Phi) is 4.36. The molecule has 2 saturated heterocycles. The van der Waals surface area contributed by atoms with Gasteiger partial charge >= 0.3 is 0 Å². The molecule has 21 heavy (non-hydrogen) atoms. The summed E-state index contributed by atoms with van der Waals surface area (Å²) in [4.78, 5) is 14.3. The average molecular weight is 310 g/mol. The van der Waals surface area contributed by atoms with E-state index >= 15 is 0 Å². The Bertz CT molecular complexity index is 508. The zero-order valence-corrected chi connectivity index (χ0v) is 12.6. The molecule has 5 heteroatoms. The third-order valence-corrected chi connectivity index (χ3v) is 4.72. The number of aliphatic hydroxyl groups is 1. The van der Waals surface area contributed by atoms with Crippen molar-refractivity contribution in [3.63, 3.8) is 0 Å². The van der Waals surface area contributed by atoms with Crippen LogP contribution in [0.15, 0.2) is 24.3 Å². The summed E-state index contributed by atoms with van der Waals surface area (Å²) in [6.45, 7) is 0.334. The van der Waals surface area contributed by atoms with E-state index in [0.717, 1.165) is 12.8 Å². The first-order valence-electron chi connectivity index (χ1n) is 7.51. The van der Waals surface area contributed by atoms with Crippen molar-refractivity contribution in [1.82, 2.24) is 4.90 Å². The summed E-state index contributed by atoms with van der Waals surface area (Å²) in [5.74, 6) is 0.741. The number of hydrogen-bond acceptors (Lipinski definition) is 3. The number of carbonyl (C=O) groups is 1. The zero-order chi connectivity index (χ0) is 14.8. The van der Waals surface area contributed by atoms with E-state index in [0.29, 0.717) is 36.6 Å². The Balaban J connectivity index is 1.52. The van der Waals surface area contributed by atoms with Crippen LogP contribution in [0.25, 0.3) is 0 Å². The largest absolute Gasteiger partial charge is 0.491 e. The van der Waals surface area contributed by atoms with Crippen LogP contribution in [0.1, 0.15) is 32.1 Å². The summed E-state index contributed by atoms with van der Waals surface area (Å²) < 4.78 is 5.58. The molecule has 4 nitrogen and oxygen atoms in total. The van der Waals surface area contributed by atoms with Crippen molar-refractivity contribution >= 4 is 17.5 Å². The van der Waals surface area contributed by atoms with Crippen molar-refractivity contribution in [2.75, 3.05) is 6.61 Å². The van der Waals surface area contributed by atoms with E-state index in [-0.39, 0.29) is 24.1 Å². The van der Waals surface area contributed by atoms with Gasteiger partial charge in [0, 0.05) is 12.1 Å². The minimum Gasteiger partial charge on any atom is -0.491 e. The monoisotopic (exact) mass is 309 g/mol. The Morgan fingerprint density at radius 1 is 1.29 bits per heavy atom. The van der Waals surface area contributed by atoms with E-state index in [9.17, 15) is 9.90 Å². The molecule has 2 unspecified atom stereocenters. The van der Waals surface area contributed by atoms with Gasteiger partial charge in [0.05, 0.1) is 24.2 Å². The van der Waals surface area contributed by atoms with E-state index in [1.165, 1.54) is 0 Å². The fourth-order valence-electron chi connectivity index (χ4n) is 3.49. The molecular weight excluding hydrogens is 290 g/mol. The van der Waals surface area contributed by atoms with Gasteiger partial charge in [-0.2, -0.15) is 0 Å². The van der Waals surface area contributed by atoms with Crippen molar-refractivity contribution in [2.45, 2.75) is 50.3 Å². The predicted molar refractivity (Wildman–Crippen MR) is 80.5 cm³/mol. The Morgan fingerprint density at radius 2 is 1.95 bits per heavy atom. The first-order valence-corrected chi connectivity index (χ1v) is 7.89. The van der Waals surface area contributed by atoms with Gasteiger partial charge in [-0.1, -0.05) is 23.7 Å². The normalized spacial score (nSPS) is 27.7. The maximum absolute atomic E-state index is 12.4. The summed E-state index contributed by atoms with van der Waals surface area (Å²) in [6, 6.07) is 7.70. The second-order valence-electron chi connectivity index (χ2n) is 5.84. The third-order valence-electron chi connectivity index (χ3n) is 4.41. The fraction of sp³-hybridized carbons (Fsp3) is 0.562. The maximum Gasteiger partial charge on any atom is 0.226 e. The second-order valence-corrected chi connectivity index (χ2v) is 6.25. The molecule has 2 fully saturated rings. The molecule has 1 N–H and O–H groups in total. The molecule has 0 spiro atoms. The number of halogens is 1. The SMILES string of the molecule is O=C(CCOc1ccccc1Cl)N1C2CCC1CC(O)C2. The summed E-state index contributed by atoms with van der Waals surface area (Å²) >= 11 is 6.01. The highest BCUT2D eigenvalue weighted by Crippen LogP contribution is 2.36. The summed E-state index contributed by atoms with van der Waals surface area (Å²) in [7, 11) is 0. The predicted octanol–water partition coefficient (Wildman–Crippen LogP) is 2.62. The van der Waals surface area contributed by atoms with E-state index in [2.05, 4.69) is 0 Å². The third kappa shape index (κ3) is 3.16. The Hall–Kier alpha value is -1.26. The minimum atomic E-state index is -0.245. The van der Waals surface area contributed by atoms with Crippen LogP contribution in [0.4, 0.5) is 0 Å². The lowest BCUT2D eigenvalue weighted by Crippen LogP contribution is -2.48. The molecule has 1 amide bonds.